The van der Waals surface area contributed by atoms with Crippen molar-refractivity contribution in [3.63, 3.8) is 0 Å². The van der Waals surface area contributed by atoms with E-state index in [0.29, 0.717) is 34.1 Å². The number of aliphatic hydroxyl groups excluding tert-OH is 4. The van der Waals surface area contributed by atoms with Gasteiger partial charge in [0, 0.05) is 23.0 Å². The Hall–Kier alpha value is -3.44. The van der Waals surface area contributed by atoms with Crippen molar-refractivity contribution in [2.75, 3.05) is 62.5 Å². The van der Waals surface area contributed by atoms with E-state index < -0.39 is 49.5 Å². The summed E-state index contributed by atoms with van der Waals surface area (Å²) in [6.07, 6.45) is -8.95. The Balaban J connectivity index is 1.53. The first-order valence-corrected chi connectivity index (χ1v) is 14.2. The number of aromatic hydroxyl groups is 1. The lowest BCUT2D eigenvalue weighted by molar-refractivity contribution is -0.277. The summed E-state index contributed by atoms with van der Waals surface area (Å²) in [6, 6.07) is 3.18. The summed E-state index contributed by atoms with van der Waals surface area (Å²) in [5.41, 5.74) is 0.993. The zero-order valence-corrected chi connectivity index (χ0v) is 25.8. The molecule has 0 amide bonds. The Labute approximate surface area is 259 Å². The molecule has 5 rings (SSSR count). The first-order valence-electron chi connectivity index (χ1n) is 14.2. The molecule has 15 heteroatoms. The van der Waals surface area contributed by atoms with Crippen LogP contribution in [0, 0.1) is 11.8 Å². The number of hydrogen-bond acceptors (Lipinski definition) is 15. The minimum absolute atomic E-state index is 0.00375. The number of rotatable bonds is 11. The van der Waals surface area contributed by atoms with Crippen molar-refractivity contribution in [3.8, 4) is 46.0 Å². The second kappa shape index (κ2) is 13.5. The first kappa shape index (κ1) is 32.9. The lowest BCUT2D eigenvalue weighted by atomic mass is 9.84. The molecule has 0 aliphatic carbocycles. The smallest absolute Gasteiger partial charge is 0.229 e. The predicted molar refractivity (Wildman–Crippen MR) is 153 cm³/mol. The molecule has 3 saturated heterocycles. The molecule has 9 atom stereocenters. The Kier molecular flexibility index (Phi) is 9.88. The third-order valence-electron chi connectivity index (χ3n) is 8.58. The van der Waals surface area contributed by atoms with Crippen molar-refractivity contribution in [3.05, 3.63) is 23.3 Å². The molecule has 0 bridgehead atoms. The van der Waals surface area contributed by atoms with E-state index in [-0.39, 0.29) is 48.0 Å². The molecule has 45 heavy (non-hydrogen) atoms. The second-order valence-corrected chi connectivity index (χ2v) is 10.8. The zero-order chi connectivity index (χ0) is 32.6. The van der Waals surface area contributed by atoms with Crippen LogP contribution in [0.2, 0.25) is 0 Å². The number of phenols is 1. The minimum atomic E-state index is -1.70. The molecule has 0 spiro atoms. The second-order valence-electron chi connectivity index (χ2n) is 10.8. The molecule has 15 nitrogen and oxygen atoms in total. The van der Waals surface area contributed by atoms with Gasteiger partial charge in [0.15, 0.2) is 23.0 Å². The summed E-state index contributed by atoms with van der Waals surface area (Å²) in [5, 5.41) is 51.9. The third kappa shape index (κ3) is 5.52. The van der Waals surface area contributed by atoms with Crippen LogP contribution in [-0.4, -0.2) is 119 Å². The van der Waals surface area contributed by atoms with E-state index in [1.165, 1.54) is 48.7 Å². The van der Waals surface area contributed by atoms with E-state index in [1.807, 2.05) is 0 Å². The lowest BCUT2D eigenvalue weighted by Crippen LogP contribution is -2.60. The van der Waals surface area contributed by atoms with Crippen LogP contribution in [0.1, 0.15) is 23.3 Å². The van der Waals surface area contributed by atoms with Gasteiger partial charge in [-0.3, -0.25) is 0 Å². The first-order chi connectivity index (χ1) is 21.7. The van der Waals surface area contributed by atoms with Crippen molar-refractivity contribution in [2.45, 2.75) is 42.9 Å². The number of fused-ring (bicyclic) bond motifs is 1. The number of aliphatic hydroxyl groups is 4. The maximum Gasteiger partial charge on any atom is 0.229 e. The van der Waals surface area contributed by atoms with Gasteiger partial charge >= 0.3 is 0 Å². The van der Waals surface area contributed by atoms with Crippen LogP contribution in [0.5, 0.6) is 46.0 Å². The van der Waals surface area contributed by atoms with Crippen LogP contribution in [0.4, 0.5) is 0 Å². The average Bonchev–Trinajstić information content (AvgIpc) is 3.66. The van der Waals surface area contributed by atoms with Gasteiger partial charge in [0.1, 0.15) is 24.4 Å². The van der Waals surface area contributed by atoms with Crippen molar-refractivity contribution < 1.29 is 72.9 Å². The fourth-order valence-corrected chi connectivity index (χ4v) is 6.38. The minimum Gasteiger partial charge on any atom is -0.504 e. The fraction of sp³-hybridized carbons (Fsp3) is 0.600. The van der Waals surface area contributed by atoms with Gasteiger partial charge in [0.05, 0.1) is 74.7 Å². The predicted octanol–water partition coefficient (Wildman–Crippen LogP) is 0.698. The molecular formula is C30H40O15. The molecule has 250 valence electrons. The molecule has 3 aliphatic heterocycles. The highest BCUT2D eigenvalue weighted by Gasteiger charge is 2.52. The van der Waals surface area contributed by atoms with Crippen LogP contribution in [-0.2, 0) is 14.2 Å². The molecule has 0 saturated carbocycles. The highest BCUT2D eigenvalue weighted by Crippen LogP contribution is 2.58. The summed E-state index contributed by atoms with van der Waals surface area (Å²) >= 11 is 0. The Bertz CT molecular complexity index is 1350. The third-order valence-corrected chi connectivity index (χ3v) is 8.58. The van der Waals surface area contributed by atoms with Crippen molar-refractivity contribution in [1.29, 1.82) is 0 Å². The Morgan fingerprint density at radius 1 is 0.644 bits per heavy atom. The lowest BCUT2D eigenvalue weighted by Gasteiger charge is -2.40. The molecule has 5 N–H and O–H groups in total. The molecule has 3 fully saturated rings. The van der Waals surface area contributed by atoms with E-state index in [1.54, 1.807) is 6.07 Å². The SMILES string of the molecule is COc1cc([C@@H]2OC[C@@H]3[C@H]2CO[C@H]3c2cc(O)c(OC)c(OC)c2O[C@@H]2O[C@H](CO)[C@@H](O)[C@H](O)[C@H]2O)c(OC)c(OC)c1OC. The van der Waals surface area contributed by atoms with Gasteiger partial charge in [-0.2, -0.15) is 0 Å². The van der Waals surface area contributed by atoms with Gasteiger partial charge in [-0.05, 0) is 12.1 Å². The molecule has 0 unspecified atom stereocenters. The van der Waals surface area contributed by atoms with Crippen LogP contribution in [0.3, 0.4) is 0 Å². The van der Waals surface area contributed by atoms with Crippen LogP contribution >= 0.6 is 0 Å². The topological polar surface area (TPSA) is 193 Å². The highest BCUT2D eigenvalue weighted by molar-refractivity contribution is 5.65. The molecule has 2 aromatic carbocycles. The van der Waals surface area contributed by atoms with Crippen molar-refractivity contribution in [2.24, 2.45) is 11.8 Å². The zero-order valence-electron chi connectivity index (χ0n) is 25.8. The summed E-state index contributed by atoms with van der Waals surface area (Å²) in [5.74, 6) is 0.720. The van der Waals surface area contributed by atoms with E-state index in [4.69, 9.17) is 47.4 Å². The summed E-state index contributed by atoms with van der Waals surface area (Å²) in [4.78, 5) is 0. The maximum absolute atomic E-state index is 10.9. The number of hydrogen-bond donors (Lipinski definition) is 5. The quantitative estimate of drug-likeness (QED) is 0.230. The number of methoxy groups -OCH3 is 6. The normalized spacial score (nSPS) is 30.8. The Morgan fingerprint density at radius 2 is 1.18 bits per heavy atom. The van der Waals surface area contributed by atoms with Crippen LogP contribution in [0.25, 0.3) is 0 Å². The summed E-state index contributed by atoms with van der Waals surface area (Å²) in [6.45, 7) is -0.158. The van der Waals surface area contributed by atoms with Crippen LogP contribution < -0.4 is 33.2 Å². The van der Waals surface area contributed by atoms with Gasteiger partial charge in [-0.25, -0.2) is 0 Å². The van der Waals surface area contributed by atoms with Gasteiger partial charge in [0.25, 0.3) is 0 Å². The molecule has 2 aromatic rings. The van der Waals surface area contributed by atoms with E-state index >= 15 is 0 Å². The molecule has 3 heterocycles. The summed E-state index contributed by atoms with van der Waals surface area (Å²) < 4.78 is 57.8. The van der Waals surface area contributed by atoms with E-state index in [0.717, 1.165) is 0 Å². The molecule has 3 aliphatic rings. The van der Waals surface area contributed by atoms with Gasteiger partial charge < -0.3 is 72.9 Å². The van der Waals surface area contributed by atoms with Gasteiger partial charge in [-0.1, -0.05) is 0 Å². The van der Waals surface area contributed by atoms with Crippen molar-refractivity contribution in [1.82, 2.24) is 0 Å². The Morgan fingerprint density at radius 3 is 1.69 bits per heavy atom. The standard InChI is InChI=1S/C30H40O15/c1-36-17-8-13(24(37-2)28(40-5)27(17)39-4)23-15-11-42-22(14(15)10-43-23)12-7-16(32)26(38-3)29(41-6)25(12)45-30-21(35)20(34)19(33)18(9-31)44-30/h7-8,14-15,18-23,30-35H,9-11H2,1-6H3/t14-,15-,18-,19-,20+,21-,22+,23+,30+/m1/s1. The molecule has 0 radical (unpaired) electrons. The van der Waals surface area contributed by atoms with Crippen LogP contribution in [0.15, 0.2) is 12.1 Å². The van der Waals surface area contributed by atoms with E-state index in [9.17, 15) is 25.5 Å². The monoisotopic (exact) mass is 640 g/mol. The molecule has 0 aromatic heterocycles. The number of ether oxygens (including phenoxy) is 10. The average molecular weight is 641 g/mol. The van der Waals surface area contributed by atoms with Gasteiger partial charge in [-0.15, -0.1) is 0 Å². The highest BCUT2D eigenvalue weighted by atomic mass is 16.7. The summed E-state index contributed by atoms with van der Waals surface area (Å²) in [7, 11) is 8.70. The number of phenolic OH excluding ortho intramolecular Hbond substituents is 1. The largest absolute Gasteiger partial charge is 0.504 e. The van der Waals surface area contributed by atoms with E-state index in [2.05, 4.69) is 0 Å². The van der Waals surface area contributed by atoms with Gasteiger partial charge in [0.2, 0.25) is 29.3 Å². The van der Waals surface area contributed by atoms with Crippen molar-refractivity contribution >= 4 is 0 Å². The molecular weight excluding hydrogens is 600 g/mol. The fourth-order valence-electron chi connectivity index (χ4n) is 6.38. The number of benzene rings is 2. The maximum atomic E-state index is 10.9.